The van der Waals surface area contributed by atoms with E-state index in [0.717, 1.165) is 18.9 Å². The first kappa shape index (κ1) is 13.6. The number of benzene rings is 1. The molecule has 2 nitrogen and oxygen atoms in total. The van der Waals surface area contributed by atoms with Crippen molar-refractivity contribution >= 4 is 0 Å². The number of rotatable bonds is 4. The summed E-state index contributed by atoms with van der Waals surface area (Å²) in [5.41, 5.74) is 9.98. The third kappa shape index (κ3) is 3.33. The van der Waals surface area contributed by atoms with Crippen LogP contribution in [0.25, 0.3) is 0 Å². The average Bonchev–Trinajstić information content (AvgIpc) is 2.37. The number of aryl methyl sites for hydroxylation is 2. The molecule has 0 radical (unpaired) electrons. The van der Waals surface area contributed by atoms with Crippen LogP contribution in [0.3, 0.4) is 0 Å². The highest BCUT2D eigenvalue weighted by Crippen LogP contribution is 2.30. The highest BCUT2D eigenvalue weighted by atomic mass is 15.1. The fraction of sp³-hybridized carbons (Fsp3) is 0.625. The van der Waals surface area contributed by atoms with Gasteiger partial charge in [0, 0.05) is 0 Å². The van der Waals surface area contributed by atoms with Crippen LogP contribution >= 0.6 is 0 Å². The van der Waals surface area contributed by atoms with Crippen LogP contribution in [-0.4, -0.2) is 31.1 Å². The van der Waals surface area contributed by atoms with Crippen molar-refractivity contribution in [2.24, 2.45) is 5.73 Å². The van der Waals surface area contributed by atoms with E-state index in [4.69, 9.17) is 5.73 Å². The zero-order valence-corrected chi connectivity index (χ0v) is 11.8. The summed E-state index contributed by atoms with van der Waals surface area (Å²) in [6.45, 7) is 8.89. The number of piperidine rings is 1. The minimum absolute atomic E-state index is 0.764. The first-order chi connectivity index (χ1) is 8.70. The SMILES string of the molecule is Cc1ccc(C2CCN(CCCN)CC2)c(C)c1. The van der Waals surface area contributed by atoms with Crippen LogP contribution in [0, 0.1) is 13.8 Å². The van der Waals surface area contributed by atoms with Gasteiger partial charge in [0.2, 0.25) is 0 Å². The Bertz CT molecular complexity index is 379. The summed E-state index contributed by atoms with van der Waals surface area (Å²) in [6, 6.07) is 6.91. The molecule has 1 aromatic carbocycles. The Morgan fingerprint density at radius 3 is 2.56 bits per heavy atom. The van der Waals surface area contributed by atoms with Crippen LogP contribution in [-0.2, 0) is 0 Å². The molecule has 2 heteroatoms. The number of likely N-dealkylation sites (tertiary alicyclic amines) is 1. The van der Waals surface area contributed by atoms with E-state index in [1.54, 1.807) is 5.56 Å². The molecule has 1 aliphatic rings. The van der Waals surface area contributed by atoms with Crippen LogP contribution in [0.1, 0.15) is 41.9 Å². The van der Waals surface area contributed by atoms with Crippen molar-refractivity contribution in [1.29, 1.82) is 0 Å². The first-order valence-electron chi connectivity index (χ1n) is 7.20. The number of nitrogens with two attached hydrogens (primary N) is 1. The molecule has 0 atom stereocenters. The predicted octanol–water partition coefficient (Wildman–Crippen LogP) is 2.83. The largest absolute Gasteiger partial charge is 0.330 e. The summed E-state index contributed by atoms with van der Waals surface area (Å²) >= 11 is 0. The molecule has 0 bridgehead atoms. The molecule has 0 spiro atoms. The summed E-state index contributed by atoms with van der Waals surface area (Å²) in [4.78, 5) is 2.56. The zero-order valence-electron chi connectivity index (χ0n) is 11.8. The standard InChI is InChI=1S/C16H26N2/c1-13-4-5-16(14(2)12-13)15-6-10-18(11-7-15)9-3-8-17/h4-5,12,15H,3,6-11,17H2,1-2H3. The van der Waals surface area contributed by atoms with Gasteiger partial charge in [0.1, 0.15) is 0 Å². The Morgan fingerprint density at radius 1 is 1.22 bits per heavy atom. The van der Waals surface area contributed by atoms with Gasteiger partial charge >= 0.3 is 0 Å². The molecule has 100 valence electrons. The van der Waals surface area contributed by atoms with E-state index in [0.29, 0.717) is 0 Å². The smallest absolute Gasteiger partial charge is 0.000671 e. The molecule has 18 heavy (non-hydrogen) atoms. The van der Waals surface area contributed by atoms with Crippen molar-refractivity contribution in [3.05, 3.63) is 34.9 Å². The van der Waals surface area contributed by atoms with Gasteiger partial charge in [-0.1, -0.05) is 23.8 Å². The van der Waals surface area contributed by atoms with Gasteiger partial charge in [0.15, 0.2) is 0 Å². The van der Waals surface area contributed by atoms with Crippen LogP contribution in [0.5, 0.6) is 0 Å². The lowest BCUT2D eigenvalue weighted by Gasteiger charge is -2.32. The summed E-state index contributed by atoms with van der Waals surface area (Å²) in [6.07, 6.45) is 3.73. The fourth-order valence-electron chi connectivity index (χ4n) is 3.07. The van der Waals surface area contributed by atoms with Crippen molar-refractivity contribution in [3.63, 3.8) is 0 Å². The lowest BCUT2D eigenvalue weighted by Crippen LogP contribution is -2.34. The molecule has 2 N–H and O–H groups in total. The highest BCUT2D eigenvalue weighted by Gasteiger charge is 2.21. The van der Waals surface area contributed by atoms with Gasteiger partial charge in [-0.25, -0.2) is 0 Å². The molecule has 1 saturated heterocycles. The van der Waals surface area contributed by atoms with Crippen LogP contribution in [0.2, 0.25) is 0 Å². The van der Waals surface area contributed by atoms with Gasteiger partial charge in [-0.3, -0.25) is 0 Å². The van der Waals surface area contributed by atoms with Gasteiger partial charge in [-0.15, -0.1) is 0 Å². The Morgan fingerprint density at radius 2 is 1.94 bits per heavy atom. The maximum Gasteiger partial charge on any atom is -0.000671 e. The first-order valence-corrected chi connectivity index (χ1v) is 7.20. The minimum atomic E-state index is 0.764. The second kappa shape index (κ2) is 6.35. The maximum absolute atomic E-state index is 5.57. The molecule has 0 amide bonds. The molecule has 1 heterocycles. The summed E-state index contributed by atoms with van der Waals surface area (Å²) in [7, 11) is 0. The lowest BCUT2D eigenvalue weighted by atomic mass is 9.86. The Labute approximate surface area is 111 Å². The third-order valence-corrected chi connectivity index (χ3v) is 4.13. The van der Waals surface area contributed by atoms with Crippen molar-refractivity contribution in [2.45, 2.75) is 39.0 Å². The van der Waals surface area contributed by atoms with Gasteiger partial charge < -0.3 is 10.6 Å². The Hall–Kier alpha value is -0.860. The maximum atomic E-state index is 5.57. The van der Waals surface area contributed by atoms with Crippen molar-refractivity contribution in [3.8, 4) is 0 Å². The topological polar surface area (TPSA) is 29.3 Å². The second-order valence-electron chi connectivity index (χ2n) is 5.62. The molecule has 1 aromatic rings. The van der Waals surface area contributed by atoms with E-state index in [9.17, 15) is 0 Å². The van der Waals surface area contributed by atoms with Crippen molar-refractivity contribution in [1.82, 2.24) is 4.90 Å². The number of nitrogens with zero attached hydrogens (tertiary/aromatic N) is 1. The average molecular weight is 246 g/mol. The van der Waals surface area contributed by atoms with Gasteiger partial charge in [-0.2, -0.15) is 0 Å². The van der Waals surface area contributed by atoms with E-state index in [-0.39, 0.29) is 0 Å². The van der Waals surface area contributed by atoms with Crippen LogP contribution in [0.15, 0.2) is 18.2 Å². The van der Waals surface area contributed by atoms with E-state index >= 15 is 0 Å². The molecule has 1 aliphatic heterocycles. The van der Waals surface area contributed by atoms with E-state index < -0.39 is 0 Å². The van der Waals surface area contributed by atoms with Gasteiger partial charge in [0.25, 0.3) is 0 Å². The molecule has 0 saturated carbocycles. The van der Waals surface area contributed by atoms with Crippen LogP contribution < -0.4 is 5.73 Å². The zero-order chi connectivity index (χ0) is 13.0. The minimum Gasteiger partial charge on any atom is -0.330 e. The summed E-state index contributed by atoms with van der Waals surface area (Å²) in [5.74, 6) is 0.764. The van der Waals surface area contributed by atoms with Gasteiger partial charge in [-0.05, 0) is 76.3 Å². The van der Waals surface area contributed by atoms with Crippen molar-refractivity contribution < 1.29 is 0 Å². The Balaban J connectivity index is 1.93. The third-order valence-electron chi connectivity index (χ3n) is 4.13. The monoisotopic (exact) mass is 246 g/mol. The summed E-state index contributed by atoms with van der Waals surface area (Å²) in [5, 5.41) is 0. The highest BCUT2D eigenvalue weighted by molar-refractivity contribution is 5.33. The quantitative estimate of drug-likeness (QED) is 0.885. The Kier molecular flexibility index (Phi) is 4.79. The second-order valence-corrected chi connectivity index (χ2v) is 5.62. The molecule has 0 aromatic heterocycles. The normalized spacial score (nSPS) is 18.2. The summed E-state index contributed by atoms with van der Waals surface area (Å²) < 4.78 is 0. The van der Waals surface area contributed by atoms with Gasteiger partial charge in [0.05, 0.1) is 0 Å². The predicted molar refractivity (Wildman–Crippen MR) is 78.0 cm³/mol. The van der Waals surface area contributed by atoms with Crippen LogP contribution in [0.4, 0.5) is 0 Å². The molecule has 1 fully saturated rings. The van der Waals surface area contributed by atoms with Crippen molar-refractivity contribution in [2.75, 3.05) is 26.2 Å². The molecular formula is C16H26N2. The molecule has 2 rings (SSSR count). The number of hydrogen-bond donors (Lipinski definition) is 1. The molecular weight excluding hydrogens is 220 g/mol. The van der Waals surface area contributed by atoms with E-state index in [1.165, 1.54) is 43.6 Å². The van der Waals surface area contributed by atoms with E-state index in [1.807, 2.05) is 0 Å². The number of hydrogen-bond acceptors (Lipinski definition) is 2. The molecule has 0 unspecified atom stereocenters. The fourth-order valence-corrected chi connectivity index (χ4v) is 3.07. The molecule has 0 aliphatic carbocycles. The van der Waals surface area contributed by atoms with E-state index in [2.05, 4.69) is 36.9 Å². The lowest BCUT2D eigenvalue weighted by molar-refractivity contribution is 0.211.